The van der Waals surface area contributed by atoms with E-state index < -0.39 is 0 Å². The molecule has 0 aliphatic rings. The highest BCUT2D eigenvalue weighted by molar-refractivity contribution is 5.27. The summed E-state index contributed by atoms with van der Waals surface area (Å²) in [6.45, 7) is 7.00. The summed E-state index contributed by atoms with van der Waals surface area (Å²) in [5.74, 6) is 0. The van der Waals surface area contributed by atoms with Crippen LogP contribution in [-0.2, 0) is 11.8 Å². The molecular weight excluding hydrogens is 184 g/mol. The highest BCUT2D eigenvalue weighted by atomic mass is 16.2. The minimum atomic E-state index is 0.240. The molecule has 0 bridgehead atoms. The van der Waals surface area contributed by atoms with E-state index in [0.29, 0.717) is 6.61 Å². The van der Waals surface area contributed by atoms with Crippen LogP contribution in [0.25, 0.3) is 0 Å². The molecule has 0 saturated carbocycles. The Morgan fingerprint density at radius 1 is 1.00 bits per heavy atom. The average Bonchev–Trinajstić information content (AvgIpc) is 2.18. The highest BCUT2D eigenvalue weighted by Gasteiger charge is 2.12. The second-order valence-corrected chi connectivity index (χ2v) is 5.13. The Hall–Kier alpha value is -0.820. The van der Waals surface area contributed by atoms with Crippen molar-refractivity contribution in [2.45, 2.75) is 45.4 Å². The fourth-order valence-corrected chi connectivity index (χ4v) is 1.61. The van der Waals surface area contributed by atoms with Gasteiger partial charge in [0.15, 0.2) is 0 Å². The molecule has 0 unspecified atom stereocenters. The van der Waals surface area contributed by atoms with E-state index in [1.165, 1.54) is 11.1 Å². The van der Waals surface area contributed by atoms with E-state index in [1.807, 2.05) is 0 Å². The van der Waals surface area contributed by atoms with Crippen molar-refractivity contribution in [2.24, 2.45) is 0 Å². The molecule has 84 valence electrons. The lowest BCUT2D eigenvalue weighted by Gasteiger charge is -2.19. The van der Waals surface area contributed by atoms with Crippen LogP contribution in [0.5, 0.6) is 0 Å². The predicted molar refractivity (Wildman–Crippen MR) is 65.2 cm³/mol. The van der Waals surface area contributed by atoms with Crippen LogP contribution in [0.3, 0.4) is 0 Å². The molecule has 0 aliphatic carbocycles. The van der Waals surface area contributed by atoms with Crippen LogP contribution in [0.4, 0.5) is 0 Å². The van der Waals surface area contributed by atoms with Crippen molar-refractivity contribution in [3.63, 3.8) is 0 Å². The number of rotatable bonds is 4. The van der Waals surface area contributed by atoms with E-state index in [-0.39, 0.29) is 5.41 Å². The molecular formula is C14H22O. The molecule has 0 atom stereocenters. The molecule has 1 rings (SSSR count). The topological polar surface area (TPSA) is 20.2 Å². The lowest BCUT2D eigenvalue weighted by molar-refractivity contribution is 0.284. The molecule has 1 aromatic rings. The van der Waals surface area contributed by atoms with Crippen molar-refractivity contribution in [2.75, 3.05) is 6.61 Å². The summed E-state index contributed by atoms with van der Waals surface area (Å²) in [6, 6.07) is 8.85. The van der Waals surface area contributed by atoms with E-state index in [0.717, 1.165) is 19.3 Å². The molecule has 0 amide bonds. The number of benzene rings is 1. The van der Waals surface area contributed by atoms with Gasteiger partial charge in [0, 0.05) is 6.61 Å². The third-order valence-electron chi connectivity index (χ3n) is 2.69. The van der Waals surface area contributed by atoms with Gasteiger partial charge in [0.1, 0.15) is 0 Å². The van der Waals surface area contributed by atoms with Gasteiger partial charge in [-0.05, 0) is 35.8 Å². The number of hydrogen-bond donors (Lipinski definition) is 1. The van der Waals surface area contributed by atoms with Gasteiger partial charge in [-0.15, -0.1) is 0 Å². The van der Waals surface area contributed by atoms with Gasteiger partial charge in [0.05, 0.1) is 0 Å². The van der Waals surface area contributed by atoms with Crippen LogP contribution in [0.1, 0.15) is 44.7 Å². The Labute approximate surface area is 93.1 Å². The van der Waals surface area contributed by atoms with Gasteiger partial charge >= 0.3 is 0 Å². The summed E-state index contributed by atoms with van der Waals surface area (Å²) in [7, 11) is 0. The summed E-state index contributed by atoms with van der Waals surface area (Å²) >= 11 is 0. The van der Waals surface area contributed by atoms with Crippen molar-refractivity contribution in [3.8, 4) is 0 Å². The zero-order valence-corrected chi connectivity index (χ0v) is 10.1. The molecule has 0 spiro atoms. The maximum absolute atomic E-state index is 8.70. The molecule has 0 aliphatic heterocycles. The first kappa shape index (κ1) is 12.3. The zero-order chi connectivity index (χ0) is 11.3. The first-order chi connectivity index (χ1) is 7.04. The molecule has 15 heavy (non-hydrogen) atoms. The molecule has 1 nitrogen and oxygen atoms in total. The Morgan fingerprint density at radius 2 is 1.60 bits per heavy atom. The summed E-state index contributed by atoms with van der Waals surface area (Å²) in [5.41, 5.74) is 2.99. The molecule has 0 radical (unpaired) electrons. The van der Waals surface area contributed by atoms with Crippen LogP contribution in [0.15, 0.2) is 24.3 Å². The minimum Gasteiger partial charge on any atom is -0.396 e. The number of aliphatic hydroxyl groups is 1. The Balaban J connectivity index is 2.57. The van der Waals surface area contributed by atoms with E-state index in [2.05, 4.69) is 45.0 Å². The van der Waals surface area contributed by atoms with Crippen molar-refractivity contribution >= 4 is 0 Å². The van der Waals surface area contributed by atoms with Crippen molar-refractivity contribution in [3.05, 3.63) is 35.4 Å². The summed E-state index contributed by atoms with van der Waals surface area (Å²) < 4.78 is 0. The summed E-state index contributed by atoms with van der Waals surface area (Å²) in [5, 5.41) is 8.70. The number of aliphatic hydroxyl groups excluding tert-OH is 1. The van der Waals surface area contributed by atoms with Crippen LogP contribution < -0.4 is 0 Å². The van der Waals surface area contributed by atoms with Crippen molar-refractivity contribution < 1.29 is 5.11 Å². The van der Waals surface area contributed by atoms with Gasteiger partial charge in [0.2, 0.25) is 0 Å². The zero-order valence-electron chi connectivity index (χ0n) is 10.1. The smallest absolute Gasteiger partial charge is 0.0431 e. The highest BCUT2D eigenvalue weighted by Crippen LogP contribution is 2.22. The molecule has 1 aromatic carbocycles. The number of hydrogen-bond acceptors (Lipinski definition) is 1. The SMILES string of the molecule is CC(C)(C)c1ccc(CCCCO)cc1. The summed E-state index contributed by atoms with van der Waals surface area (Å²) in [4.78, 5) is 0. The fourth-order valence-electron chi connectivity index (χ4n) is 1.61. The second-order valence-electron chi connectivity index (χ2n) is 5.13. The molecule has 1 heteroatoms. The van der Waals surface area contributed by atoms with Crippen molar-refractivity contribution in [1.82, 2.24) is 0 Å². The second kappa shape index (κ2) is 5.32. The quantitative estimate of drug-likeness (QED) is 0.749. The average molecular weight is 206 g/mol. The normalized spacial score (nSPS) is 11.7. The van der Waals surface area contributed by atoms with Crippen LogP contribution >= 0.6 is 0 Å². The third kappa shape index (κ3) is 4.05. The third-order valence-corrected chi connectivity index (χ3v) is 2.69. The first-order valence-electron chi connectivity index (χ1n) is 5.74. The van der Waals surface area contributed by atoms with Crippen LogP contribution in [0.2, 0.25) is 0 Å². The number of aryl methyl sites for hydroxylation is 1. The molecule has 0 saturated heterocycles. The monoisotopic (exact) mass is 206 g/mol. The van der Waals surface area contributed by atoms with Crippen LogP contribution in [-0.4, -0.2) is 11.7 Å². The largest absolute Gasteiger partial charge is 0.396 e. The van der Waals surface area contributed by atoms with Gasteiger partial charge in [0.25, 0.3) is 0 Å². The summed E-state index contributed by atoms with van der Waals surface area (Å²) in [6.07, 6.45) is 3.05. The van der Waals surface area contributed by atoms with E-state index in [1.54, 1.807) is 0 Å². The maximum Gasteiger partial charge on any atom is 0.0431 e. The van der Waals surface area contributed by atoms with Gasteiger partial charge in [-0.2, -0.15) is 0 Å². The molecule has 0 fully saturated rings. The van der Waals surface area contributed by atoms with Gasteiger partial charge in [-0.1, -0.05) is 45.0 Å². The van der Waals surface area contributed by atoms with E-state index in [4.69, 9.17) is 5.11 Å². The van der Waals surface area contributed by atoms with Gasteiger partial charge < -0.3 is 5.11 Å². The van der Waals surface area contributed by atoms with E-state index in [9.17, 15) is 0 Å². The fraction of sp³-hybridized carbons (Fsp3) is 0.571. The van der Waals surface area contributed by atoms with Gasteiger partial charge in [-0.3, -0.25) is 0 Å². The molecule has 0 heterocycles. The molecule has 0 aromatic heterocycles. The van der Waals surface area contributed by atoms with Gasteiger partial charge in [-0.25, -0.2) is 0 Å². The lowest BCUT2D eigenvalue weighted by atomic mass is 9.86. The minimum absolute atomic E-state index is 0.240. The Morgan fingerprint density at radius 3 is 2.07 bits per heavy atom. The van der Waals surface area contributed by atoms with E-state index >= 15 is 0 Å². The number of unbranched alkanes of at least 4 members (excludes halogenated alkanes) is 1. The van der Waals surface area contributed by atoms with Crippen molar-refractivity contribution in [1.29, 1.82) is 0 Å². The Kier molecular flexibility index (Phi) is 4.34. The van der Waals surface area contributed by atoms with Crippen LogP contribution in [0, 0.1) is 0 Å². The predicted octanol–water partition coefficient (Wildman–Crippen LogP) is 3.30. The first-order valence-corrected chi connectivity index (χ1v) is 5.74. The Bertz CT molecular complexity index is 279. The standard InChI is InChI=1S/C14H22O/c1-14(2,3)13-9-7-12(8-10-13)6-4-5-11-15/h7-10,15H,4-6,11H2,1-3H3. The molecule has 1 N–H and O–H groups in total. The maximum atomic E-state index is 8.70. The lowest BCUT2D eigenvalue weighted by Crippen LogP contribution is -2.10.